The van der Waals surface area contributed by atoms with Gasteiger partial charge in [-0.15, -0.1) is 0 Å². The minimum Gasteiger partial charge on any atom is -0.431 e. The normalized spacial score (nSPS) is 32.7. The third-order valence-corrected chi connectivity index (χ3v) is 7.64. The van der Waals surface area contributed by atoms with Crippen LogP contribution in [0.15, 0.2) is 11.8 Å². The van der Waals surface area contributed by atoms with Crippen molar-refractivity contribution in [2.24, 2.45) is 17.8 Å². The van der Waals surface area contributed by atoms with E-state index in [0.717, 1.165) is 17.1 Å². The predicted molar refractivity (Wildman–Crippen MR) is 96.4 cm³/mol. The molecule has 1 amide bonds. The number of amides is 1. The van der Waals surface area contributed by atoms with Gasteiger partial charge in [-0.1, -0.05) is 20.3 Å². The molecule has 0 aromatic heterocycles. The second kappa shape index (κ2) is 8.08. The quantitative estimate of drug-likeness (QED) is 0.512. The van der Waals surface area contributed by atoms with E-state index in [-0.39, 0.29) is 17.8 Å². The molecule has 8 heteroatoms. The zero-order valence-electron chi connectivity index (χ0n) is 16.1. The van der Waals surface area contributed by atoms with Crippen LogP contribution in [0.5, 0.6) is 0 Å². The Kier molecular flexibility index (Phi) is 6.50. The fraction of sp³-hybridized carbons (Fsp3) is 0.778. The number of allylic oxidation sites excluding steroid dienone is 1. The Morgan fingerprint density at radius 2 is 1.88 bits per heavy atom. The molecule has 1 fully saturated rings. The number of hydrogen-bond donors (Lipinski definition) is 0. The summed E-state index contributed by atoms with van der Waals surface area (Å²) in [6.07, 6.45) is 3.44. The predicted octanol–water partition coefficient (Wildman–Crippen LogP) is 2.08. The first-order valence-electron chi connectivity index (χ1n) is 9.14. The maximum absolute atomic E-state index is 12.9. The molecule has 0 radical (unpaired) electrons. The van der Waals surface area contributed by atoms with Crippen molar-refractivity contribution in [1.29, 1.82) is 0 Å². The minimum atomic E-state index is -3.84. The molecular weight excluding hydrogens is 358 g/mol. The van der Waals surface area contributed by atoms with Crippen molar-refractivity contribution >= 4 is 21.9 Å². The molecule has 5 atom stereocenters. The van der Waals surface area contributed by atoms with Crippen LogP contribution in [-0.2, 0) is 29.1 Å². The maximum Gasteiger partial charge on any atom is 0.307 e. The minimum absolute atomic E-state index is 0.162. The summed E-state index contributed by atoms with van der Waals surface area (Å²) in [5, 5.41) is -0.883. The average molecular weight is 387 g/mol. The van der Waals surface area contributed by atoms with Crippen LogP contribution in [0.1, 0.15) is 47.5 Å². The number of fused-ring (bicyclic) bond motifs is 1. The topological polar surface area (TPSA) is 90.0 Å². The number of esters is 1. The second-order valence-electron chi connectivity index (χ2n) is 7.19. The van der Waals surface area contributed by atoms with Crippen LogP contribution in [0.25, 0.3) is 0 Å². The number of unbranched alkanes of at least 4 members (excludes halogenated alkanes) is 1. The smallest absolute Gasteiger partial charge is 0.307 e. The van der Waals surface area contributed by atoms with Crippen LogP contribution in [-0.4, -0.2) is 49.1 Å². The van der Waals surface area contributed by atoms with Crippen LogP contribution in [0, 0.1) is 17.8 Å². The molecule has 0 spiro atoms. The van der Waals surface area contributed by atoms with Gasteiger partial charge in [0.05, 0.1) is 6.61 Å². The molecule has 0 aromatic rings. The van der Waals surface area contributed by atoms with E-state index in [9.17, 15) is 18.0 Å². The van der Waals surface area contributed by atoms with Crippen molar-refractivity contribution in [3.63, 3.8) is 0 Å². The Bertz CT molecular complexity index is 686. The third-order valence-electron chi connectivity index (χ3n) is 5.36. The highest BCUT2D eigenvalue weighted by molar-refractivity contribution is 7.90. The van der Waals surface area contributed by atoms with Crippen LogP contribution < -0.4 is 0 Å². The molecule has 2 aliphatic rings. The molecule has 1 aliphatic carbocycles. The molecule has 1 aliphatic heterocycles. The molecule has 7 nitrogen and oxygen atoms in total. The lowest BCUT2D eigenvalue weighted by Gasteiger charge is -2.37. The number of ether oxygens (including phenoxy) is 2. The van der Waals surface area contributed by atoms with Crippen LogP contribution >= 0.6 is 0 Å². The SMILES string of the molecule is CCCCOC[C@@H]1[C@@H]2[C@@H](C)N(C(C)=O)S(=O)(=O)[C@@H]2C=C(OC(C)=O)[C@@H]1C. The van der Waals surface area contributed by atoms with E-state index in [1.54, 1.807) is 6.92 Å². The molecule has 0 bridgehead atoms. The van der Waals surface area contributed by atoms with E-state index in [0.29, 0.717) is 19.0 Å². The lowest BCUT2D eigenvalue weighted by Crippen LogP contribution is -2.42. The highest BCUT2D eigenvalue weighted by Crippen LogP contribution is 2.47. The number of nitrogens with zero attached hydrogens (tertiary/aromatic N) is 1. The van der Waals surface area contributed by atoms with Gasteiger partial charge in [-0.2, -0.15) is 0 Å². The summed E-state index contributed by atoms with van der Waals surface area (Å²) in [5.41, 5.74) is 0. The van der Waals surface area contributed by atoms with Gasteiger partial charge in [0.15, 0.2) is 0 Å². The molecule has 0 N–H and O–H groups in total. The molecule has 0 saturated carbocycles. The number of hydrogen-bond acceptors (Lipinski definition) is 6. The summed E-state index contributed by atoms with van der Waals surface area (Å²) in [4.78, 5) is 23.4. The largest absolute Gasteiger partial charge is 0.431 e. The van der Waals surface area contributed by atoms with Crippen molar-refractivity contribution in [1.82, 2.24) is 4.31 Å². The van der Waals surface area contributed by atoms with E-state index in [1.165, 1.54) is 19.9 Å². The maximum atomic E-state index is 12.9. The number of sulfonamides is 1. The van der Waals surface area contributed by atoms with Gasteiger partial charge in [0.2, 0.25) is 15.9 Å². The summed E-state index contributed by atoms with van der Waals surface area (Å²) in [6, 6.07) is -0.458. The van der Waals surface area contributed by atoms with E-state index >= 15 is 0 Å². The summed E-state index contributed by atoms with van der Waals surface area (Å²) in [5.74, 6) is -1.26. The Labute approximate surface area is 155 Å². The Morgan fingerprint density at radius 3 is 2.42 bits per heavy atom. The fourth-order valence-electron chi connectivity index (χ4n) is 4.13. The first-order valence-corrected chi connectivity index (χ1v) is 10.6. The summed E-state index contributed by atoms with van der Waals surface area (Å²) < 4.78 is 37.9. The van der Waals surface area contributed by atoms with Gasteiger partial charge in [0.1, 0.15) is 11.0 Å². The van der Waals surface area contributed by atoms with Crippen molar-refractivity contribution < 1.29 is 27.5 Å². The Hall–Kier alpha value is -1.41. The fourth-order valence-corrected chi connectivity index (χ4v) is 6.49. The third kappa shape index (κ3) is 3.81. The molecule has 1 saturated heterocycles. The highest BCUT2D eigenvalue weighted by atomic mass is 32.2. The summed E-state index contributed by atoms with van der Waals surface area (Å²) >= 11 is 0. The number of rotatable bonds is 6. The zero-order chi connectivity index (χ0) is 19.6. The van der Waals surface area contributed by atoms with E-state index < -0.39 is 33.2 Å². The van der Waals surface area contributed by atoms with E-state index in [2.05, 4.69) is 6.92 Å². The molecule has 1 heterocycles. The van der Waals surface area contributed by atoms with Gasteiger partial charge >= 0.3 is 5.97 Å². The van der Waals surface area contributed by atoms with Crippen LogP contribution in [0.3, 0.4) is 0 Å². The highest BCUT2D eigenvalue weighted by Gasteiger charge is 2.57. The van der Waals surface area contributed by atoms with Crippen LogP contribution in [0.2, 0.25) is 0 Å². The number of carbonyl (C=O) groups is 2. The van der Waals surface area contributed by atoms with Crippen molar-refractivity contribution in [2.75, 3.05) is 13.2 Å². The van der Waals surface area contributed by atoms with Crippen molar-refractivity contribution in [3.8, 4) is 0 Å². The molecule has 26 heavy (non-hydrogen) atoms. The van der Waals surface area contributed by atoms with E-state index in [1.807, 2.05) is 6.92 Å². The van der Waals surface area contributed by atoms with Gasteiger partial charge in [-0.25, -0.2) is 12.7 Å². The molecule has 0 aromatic carbocycles. The Morgan fingerprint density at radius 1 is 1.23 bits per heavy atom. The first-order chi connectivity index (χ1) is 12.1. The lowest BCUT2D eigenvalue weighted by atomic mass is 9.72. The zero-order valence-corrected chi connectivity index (χ0v) is 16.9. The first kappa shape index (κ1) is 20.9. The van der Waals surface area contributed by atoms with Crippen LogP contribution in [0.4, 0.5) is 0 Å². The Balaban J connectivity index is 2.40. The molecular formula is C18H29NO6S. The second-order valence-corrected chi connectivity index (χ2v) is 9.15. The molecule has 148 valence electrons. The van der Waals surface area contributed by atoms with E-state index in [4.69, 9.17) is 9.47 Å². The molecule has 0 unspecified atom stereocenters. The monoisotopic (exact) mass is 387 g/mol. The number of carbonyl (C=O) groups excluding carboxylic acids is 2. The van der Waals surface area contributed by atoms with Gasteiger partial charge in [0.25, 0.3) is 0 Å². The average Bonchev–Trinajstić information content (AvgIpc) is 2.72. The van der Waals surface area contributed by atoms with Gasteiger partial charge < -0.3 is 9.47 Å². The van der Waals surface area contributed by atoms with Gasteiger partial charge in [-0.05, 0) is 25.3 Å². The summed E-state index contributed by atoms with van der Waals surface area (Å²) in [6.45, 7) is 9.27. The lowest BCUT2D eigenvalue weighted by molar-refractivity contribution is -0.138. The summed E-state index contributed by atoms with van der Waals surface area (Å²) in [7, 11) is -3.84. The van der Waals surface area contributed by atoms with Crippen molar-refractivity contribution in [3.05, 3.63) is 11.8 Å². The van der Waals surface area contributed by atoms with Crippen molar-refractivity contribution in [2.45, 2.75) is 58.8 Å². The van der Waals surface area contributed by atoms with Gasteiger partial charge in [0, 0.05) is 38.3 Å². The van der Waals surface area contributed by atoms with Gasteiger partial charge in [-0.3, -0.25) is 9.59 Å². The molecule has 2 rings (SSSR count). The standard InChI is InChI=1S/C18H29NO6S/c1-6-7-8-24-10-15-11(2)16(25-14(5)21)9-17-18(15)12(3)19(13(4)20)26(17,22)23/h9,11-12,15,17-18H,6-8,10H2,1-5H3/t11-,12-,15+,17-,18+/m1/s1.